The van der Waals surface area contributed by atoms with Crippen LogP contribution in [0, 0.1) is 11.3 Å². The van der Waals surface area contributed by atoms with Crippen molar-refractivity contribution in [3.63, 3.8) is 0 Å². The summed E-state index contributed by atoms with van der Waals surface area (Å²) >= 11 is 1.54. The Bertz CT molecular complexity index is 1670. The van der Waals surface area contributed by atoms with E-state index in [1.807, 2.05) is 53.9 Å². The first-order valence-electron chi connectivity index (χ1n) is 12.3. The van der Waals surface area contributed by atoms with Gasteiger partial charge in [0.05, 0.1) is 43.0 Å². The molecule has 198 valence electrons. The zero-order valence-corrected chi connectivity index (χ0v) is 22.5. The number of ether oxygens (including phenoxy) is 2. The summed E-state index contributed by atoms with van der Waals surface area (Å²) in [4.78, 5) is 32.5. The van der Waals surface area contributed by atoms with E-state index in [1.165, 1.54) is 30.5 Å². The molecule has 1 aromatic heterocycles. The summed E-state index contributed by atoms with van der Waals surface area (Å²) in [6, 6.07) is 28.1. The maximum absolute atomic E-state index is 13.2. The van der Waals surface area contributed by atoms with Gasteiger partial charge in [0.25, 0.3) is 0 Å². The number of nitriles is 1. The number of thiazole rings is 1. The number of carbonyl (C=O) groups is 2. The van der Waals surface area contributed by atoms with E-state index in [0.717, 1.165) is 21.8 Å². The van der Waals surface area contributed by atoms with Gasteiger partial charge in [0.1, 0.15) is 16.5 Å². The second kappa shape index (κ2) is 11.3. The predicted octanol–water partition coefficient (Wildman–Crippen LogP) is 5.37. The van der Waals surface area contributed by atoms with E-state index in [0.29, 0.717) is 11.3 Å². The van der Waals surface area contributed by atoms with E-state index >= 15 is 0 Å². The van der Waals surface area contributed by atoms with E-state index in [4.69, 9.17) is 20.2 Å². The number of esters is 2. The van der Waals surface area contributed by atoms with Gasteiger partial charge in [-0.2, -0.15) is 5.26 Å². The fourth-order valence-corrected chi connectivity index (χ4v) is 5.52. The first-order chi connectivity index (χ1) is 19.5. The summed E-state index contributed by atoms with van der Waals surface area (Å²) in [5.74, 6) is -2.48. The molecule has 0 amide bonds. The van der Waals surface area contributed by atoms with Crippen molar-refractivity contribution in [2.75, 3.05) is 19.1 Å². The molecular weight excluding hydrogens is 524 g/mol. The van der Waals surface area contributed by atoms with Gasteiger partial charge >= 0.3 is 11.9 Å². The number of nitrogens with two attached hydrogens (primary N) is 1. The van der Waals surface area contributed by atoms with Crippen molar-refractivity contribution in [2.45, 2.75) is 5.92 Å². The van der Waals surface area contributed by atoms with Gasteiger partial charge in [-0.1, -0.05) is 72.8 Å². The topological polar surface area (TPSA) is 119 Å². The Kier molecular flexibility index (Phi) is 7.44. The third-order valence-corrected chi connectivity index (χ3v) is 7.45. The van der Waals surface area contributed by atoms with Gasteiger partial charge in [-0.15, -0.1) is 11.3 Å². The number of nitrogens with zero attached hydrogens (tertiary/aromatic N) is 3. The Hall–Kier alpha value is -5.20. The minimum atomic E-state index is -0.922. The lowest BCUT2D eigenvalue weighted by molar-refractivity contribution is -0.139. The molecule has 2 N–H and O–H groups in total. The normalized spacial score (nSPS) is 15.0. The Labute approximate surface area is 235 Å². The van der Waals surface area contributed by atoms with Crippen LogP contribution in [0.25, 0.3) is 21.8 Å². The van der Waals surface area contributed by atoms with E-state index < -0.39 is 17.9 Å². The molecular formula is C31H24N4O4S. The summed E-state index contributed by atoms with van der Waals surface area (Å²) in [6.45, 7) is 0. The van der Waals surface area contributed by atoms with Crippen LogP contribution in [0.4, 0.5) is 5.69 Å². The van der Waals surface area contributed by atoms with Crippen LogP contribution in [0.1, 0.15) is 11.5 Å². The van der Waals surface area contributed by atoms with Crippen molar-refractivity contribution in [1.29, 1.82) is 5.26 Å². The van der Waals surface area contributed by atoms with E-state index in [1.54, 1.807) is 36.4 Å². The number of rotatable bonds is 6. The molecule has 8 nitrogen and oxygen atoms in total. The average Bonchev–Trinajstić information content (AvgIpc) is 3.51. The van der Waals surface area contributed by atoms with Crippen molar-refractivity contribution >= 4 is 29.0 Å². The van der Waals surface area contributed by atoms with Gasteiger partial charge in [-0.25, -0.2) is 14.6 Å². The molecule has 0 saturated heterocycles. The molecule has 0 spiro atoms. The number of benzene rings is 3. The molecule has 0 saturated carbocycles. The Morgan fingerprint density at radius 3 is 2.12 bits per heavy atom. The number of hydrogen-bond donors (Lipinski definition) is 1. The molecule has 4 aromatic rings. The second-order valence-electron chi connectivity index (χ2n) is 8.79. The summed E-state index contributed by atoms with van der Waals surface area (Å²) in [6.07, 6.45) is 0. The zero-order chi connectivity index (χ0) is 28.2. The van der Waals surface area contributed by atoms with Crippen LogP contribution >= 0.6 is 11.3 Å². The summed E-state index contributed by atoms with van der Waals surface area (Å²) < 4.78 is 10.2. The SMILES string of the molecule is COC(=O)C1=C(C(=O)OC)N(c2ccc(-c3csc(-c4ccccc4)n3)cc2)C(N)=C(C#N)C1c1ccccc1. The largest absolute Gasteiger partial charge is 0.466 e. The number of methoxy groups -OCH3 is 2. The molecule has 0 aliphatic carbocycles. The first-order valence-corrected chi connectivity index (χ1v) is 13.1. The van der Waals surface area contributed by atoms with Crippen LogP contribution < -0.4 is 10.6 Å². The molecule has 2 heterocycles. The summed E-state index contributed by atoms with van der Waals surface area (Å²) in [7, 11) is 2.44. The van der Waals surface area contributed by atoms with E-state index in [-0.39, 0.29) is 22.7 Å². The maximum Gasteiger partial charge on any atom is 0.355 e. The van der Waals surface area contributed by atoms with Gasteiger partial charge in [0, 0.05) is 22.2 Å². The van der Waals surface area contributed by atoms with Crippen LogP contribution in [-0.4, -0.2) is 31.1 Å². The number of hydrogen-bond acceptors (Lipinski definition) is 9. The monoisotopic (exact) mass is 548 g/mol. The highest BCUT2D eigenvalue weighted by Crippen LogP contribution is 2.43. The lowest BCUT2D eigenvalue weighted by Crippen LogP contribution is -2.40. The van der Waals surface area contributed by atoms with Crippen LogP contribution in [0.3, 0.4) is 0 Å². The Morgan fingerprint density at radius 1 is 0.900 bits per heavy atom. The molecule has 3 aromatic carbocycles. The fourth-order valence-electron chi connectivity index (χ4n) is 4.68. The predicted molar refractivity (Wildman–Crippen MR) is 153 cm³/mol. The maximum atomic E-state index is 13.2. The number of aromatic nitrogens is 1. The van der Waals surface area contributed by atoms with Gasteiger partial charge in [-0.3, -0.25) is 4.90 Å². The third-order valence-electron chi connectivity index (χ3n) is 6.56. The van der Waals surface area contributed by atoms with Crippen molar-refractivity contribution in [3.05, 3.63) is 119 Å². The molecule has 0 fully saturated rings. The van der Waals surface area contributed by atoms with Crippen molar-refractivity contribution < 1.29 is 19.1 Å². The van der Waals surface area contributed by atoms with Crippen molar-refractivity contribution in [1.82, 2.24) is 4.98 Å². The quantitative estimate of drug-likeness (QED) is 0.319. The summed E-state index contributed by atoms with van der Waals surface area (Å²) in [5, 5.41) is 13.1. The molecule has 1 aliphatic rings. The lowest BCUT2D eigenvalue weighted by atomic mass is 9.81. The van der Waals surface area contributed by atoms with E-state index in [2.05, 4.69) is 6.07 Å². The standard InChI is InChI=1S/C31H24N4O4S/c1-38-30(36)26-25(20-9-5-3-6-10-20)23(17-32)28(33)35(27(26)31(37)39-2)22-15-13-19(14-16-22)24-18-40-29(34-24)21-11-7-4-8-12-21/h3-16,18,25H,33H2,1-2H3. The van der Waals surface area contributed by atoms with Crippen LogP contribution in [0.5, 0.6) is 0 Å². The molecule has 1 atom stereocenters. The molecule has 0 radical (unpaired) electrons. The van der Waals surface area contributed by atoms with Gasteiger partial charge in [0.2, 0.25) is 0 Å². The van der Waals surface area contributed by atoms with Gasteiger partial charge in [0.15, 0.2) is 0 Å². The Balaban J connectivity index is 1.62. The molecule has 1 unspecified atom stereocenters. The van der Waals surface area contributed by atoms with E-state index in [9.17, 15) is 14.9 Å². The fraction of sp³-hybridized carbons (Fsp3) is 0.0968. The third kappa shape index (κ3) is 4.72. The number of carbonyl (C=O) groups excluding carboxylic acids is 2. The number of allylic oxidation sites excluding steroid dienone is 1. The van der Waals surface area contributed by atoms with Crippen molar-refractivity contribution in [3.8, 4) is 27.9 Å². The highest BCUT2D eigenvalue weighted by atomic mass is 32.1. The van der Waals surface area contributed by atoms with Crippen LogP contribution in [0.2, 0.25) is 0 Å². The minimum absolute atomic E-state index is 0.0113. The number of anilines is 1. The van der Waals surface area contributed by atoms with Crippen LogP contribution in [-0.2, 0) is 19.1 Å². The van der Waals surface area contributed by atoms with Gasteiger partial charge in [-0.05, 0) is 17.7 Å². The summed E-state index contributed by atoms with van der Waals surface area (Å²) in [5.41, 5.74) is 10.3. The first kappa shape index (κ1) is 26.4. The zero-order valence-electron chi connectivity index (χ0n) is 21.7. The molecule has 5 rings (SSSR count). The van der Waals surface area contributed by atoms with Crippen LogP contribution in [0.15, 0.2) is 113 Å². The highest BCUT2D eigenvalue weighted by Gasteiger charge is 2.42. The van der Waals surface area contributed by atoms with Gasteiger partial charge < -0.3 is 15.2 Å². The second-order valence-corrected chi connectivity index (χ2v) is 9.64. The minimum Gasteiger partial charge on any atom is -0.466 e. The molecule has 40 heavy (non-hydrogen) atoms. The lowest BCUT2D eigenvalue weighted by Gasteiger charge is -2.35. The highest BCUT2D eigenvalue weighted by molar-refractivity contribution is 7.13. The van der Waals surface area contributed by atoms with Crippen molar-refractivity contribution in [2.24, 2.45) is 5.73 Å². The molecule has 0 bridgehead atoms. The molecule has 1 aliphatic heterocycles. The molecule has 9 heteroatoms. The smallest absolute Gasteiger partial charge is 0.355 e. The average molecular weight is 549 g/mol. The Morgan fingerprint density at radius 2 is 1.52 bits per heavy atom.